The molecule has 98 valence electrons. The molecule has 0 aliphatic carbocycles. The van der Waals surface area contributed by atoms with E-state index in [1.54, 1.807) is 12.4 Å². The molecule has 0 radical (unpaired) electrons. The Morgan fingerprint density at radius 1 is 1.50 bits per heavy atom. The molecule has 0 spiro atoms. The van der Waals surface area contributed by atoms with E-state index in [0.29, 0.717) is 12.4 Å². The number of rotatable bonds is 3. The van der Waals surface area contributed by atoms with Gasteiger partial charge in [0.25, 0.3) is 0 Å². The summed E-state index contributed by atoms with van der Waals surface area (Å²) >= 11 is 2.18. The predicted octanol–water partition coefficient (Wildman–Crippen LogP) is 2.00. The molecule has 1 aromatic rings. The van der Waals surface area contributed by atoms with E-state index < -0.39 is 0 Å². The molecule has 1 aliphatic heterocycles. The van der Waals surface area contributed by atoms with Gasteiger partial charge in [0.1, 0.15) is 0 Å². The number of carbonyl (C=O) groups excluding carboxylic acids is 1. The van der Waals surface area contributed by atoms with Gasteiger partial charge in [-0.15, -0.1) is 0 Å². The van der Waals surface area contributed by atoms with Crippen LogP contribution in [0.15, 0.2) is 12.4 Å². The molecule has 18 heavy (non-hydrogen) atoms. The second-order valence-corrected chi connectivity index (χ2v) is 5.57. The summed E-state index contributed by atoms with van der Waals surface area (Å²) in [7, 11) is 1.43. The van der Waals surface area contributed by atoms with Gasteiger partial charge < -0.3 is 9.64 Å². The second kappa shape index (κ2) is 6.31. The maximum absolute atomic E-state index is 11.4. The smallest absolute Gasteiger partial charge is 0.307 e. The monoisotopic (exact) mass is 361 g/mol. The molecule has 1 atom stereocenters. The molecule has 1 aromatic heterocycles. The highest BCUT2D eigenvalue weighted by Gasteiger charge is 2.26. The average Bonchev–Trinajstić information content (AvgIpc) is 2.40. The van der Waals surface area contributed by atoms with Crippen molar-refractivity contribution in [3.63, 3.8) is 0 Å². The van der Waals surface area contributed by atoms with Crippen LogP contribution in [-0.2, 0) is 9.53 Å². The van der Waals surface area contributed by atoms with E-state index in [9.17, 15) is 4.79 Å². The number of hydrogen-bond donors (Lipinski definition) is 0. The second-order valence-electron chi connectivity index (χ2n) is 4.32. The van der Waals surface area contributed by atoms with Crippen LogP contribution in [0.1, 0.15) is 25.7 Å². The standard InChI is InChI=1S/C12H16IN3O2/c1-18-11(17)6-10-4-2-3-5-16(10)12-14-7-9(13)8-15-12/h7-8,10H,2-6H2,1H3. The molecule has 5 nitrogen and oxygen atoms in total. The van der Waals surface area contributed by atoms with E-state index in [4.69, 9.17) is 4.74 Å². The third kappa shape index (κ3) is 3.30. The van der Waals surface area contributed by atoms with E-state index in [0.717, 1.165) is 29.4 Å². The van der Waals surface area contributed by atoms with Crippen molar-refractivity contribution in [2.75, 3.05) is 18.6 Å². The highest BCUT2D eigenvalue weighted by molar-refractivity contribution is 14.1. The first-order valence-electron chi connectivity index (χ1n) is 6.01. The van der Waals surface area contributed by atoms with Gasteiger partial charge in [0.2, 0.25) is 5.95 Å². The van der Waals surface area contributed by atoms with Crippen molar-refractivity contribution in [3.8, 4) is 0 Å². The topological polar surface area (TPSA) is 55.3 Å². The van der Waals surface area contributed by atoms with Gasteiger partial charge in [-0.1, -0.05) is 0 Å². The first-order chi connectivity index (χ1) is 8.70. The largest absolute Gasteiger partial charge is 0.469 e. The molecule has 1 aliphatic rings. The van der Waals surface area contributed by atoms with E-state index in [2.05, 4.69) is 37.5 Å². The molecule has 2 rings (SSSR count). The Morgan fingerprint density at radius 2 is 2.22 bits per heavy atom. The molecule has 6 heteroatoms. The van der Waals surface area contributed by atoms with Gasteiger partial charge in [0.15, 0.2) is 0 Å². The minimum absolute atomic E-state index is 0.159. The van der Waals surface area contributed by atoms with Gasteiger partial charge in [-0.2, -0.15) is 0 Å². The van der Waals surface area contributed by atoms with E-state index in [1.165, 1.54) is 7.11 Å². The fraction of sp³-hybridized carbons (Fsp3) is 0.583. The molecule has 0 bridgehead atoms. The Labute approximate surface area is 120 Å². The number of aromatic nitrogens is 2. The minimum atomic E-state index is -0.169. The van der Waals surface area contributed by atoms with Crippen LogP contribution in [0.4, 0.5) is 5.95 Å². The number of halogens is 1. The molecule has 1 unspecified atom stereocenters. The van der Waals surface area contributed by atoms with Crippen LogP contribution in [0.2, 0.25) is 0 Å². The molecule has 1 saturated heterocycles. The molecule has 1 fully saturated rings. The van der Waals surface area contributed by atoms with Gasteiger partial charge in [0.05, 0.1) is 13.5 Å². The SMILES string of the molecule is COC(=O)CC1CCCCN1c1ncc(I)cn1. The van der Waals surface area contributed by atoms with Gasteiger partial charge >= 0.3 is 5.97 Å². The van der Waals surface area contributed by atoms with Crippen molar-refractivity contribution in [1.82, 2.24) is 9.97 Å². The van der Waals surface area contributed by atoms with Gasteiger partial charge in [0, 0.05) is 28.6 Å². The van der Waals surface area contributed by atoms with Crippen molar-refractivity contribution >= 4 is 34.5 Å². The summed E-state index contributed by atoms with van der Waals surface area (Å²) in [5.74, 6) is 0.543. The van der Waals surface area contributed by atoms with Crippen LogP contribution in [0.3, 0.4) is 0 Å². The van der Waals surface area contributed by atoms with Crippen molar-refractivity contribution in [1.29, 1.82) is 0 Å². The van der Waals surface area contributed by atoms with Crippen molar-refractivity contribution < 1.29 is 9.53 Å². The zero-order valence-electron chi connectivity index (χ0n) is 10.3. The van der Waals surface area contributed by atoms with Crippen LogP contribution in [0, 0.1) is 3.57 Å². The van der Waals surface area contributed by atoms with Gasteiger partial charge in [-0.05, 0) is 41.9 Å². The molecular weight excluding hydrogens is 345 g/mol. The number of methoxy groups -OCH3 is 1. The number of anilines is 1. The molecule has 0 aromatic carbocycles. The normalized spacial score (nSPS) is 19.7. The van der Waals surface area contributed by atoms with Gasteiger partial charge in [-0.3, -0.25) is 4.79 Å². The number of esters is 1. The quantitative estimate of drug-likeness (QED) is 0.609. The third-order valence-corrected chi connectivity index (χ3v) is 3.68. The van der Waals surface area contributed by atoms with Crippen molar-refractivity contribution in [3.05, 3.63) is 16.0 Å². The number of carbonyl (C=O) groups is 1. The summed E-state index contributed by atoms with van der Waals surface area (Å²) in [6.45, 7) is 0.905. The maximum atomic E-state index is 11.4. The Balaban J connectivity index is 2.12. The zero-order chi connectivity index (χ0) is 13.0. The summed E-state index contributed by atoms with van der Waals surface area (Å²) in [4.78, 5) is 22.2. The molecular formula is C12H16IN3O2. The summed E-state index contributed by atoms with van der Waals surface area (Å²) in [6, 6.07) is 0.159. The molecule has 0 saturated carbocycles. The lowest BCUT2D eigenvalue weighted by molar-refractivity contribution is -0.141. The minimum Gasteiger partial charge on any atom is -0.469 e. The highest BCUT2D eigenvalue weighted by atomic mass is 127. The maximum Gasteiger partial charge on any atom is 0.307 e. The summed E-state index contributed by atoms with van der Waals surface area (Å²) in [6.07, 6.45) is 7.26. The van der Waals surface area contributed by atoms with Crippen molar-refractivity contribution in [2.24, 2.45) is 0 Å². The number of nitrogens with zero attached hydrogens (tertiary/aromatic N) is 3. The number of hydrogen-bond acceptors (Lipinski definition) is 5. The van der Waals surface area contributed by atoms with Crippen LogP contribution in [0.25, 0.3) is 0 Å². The van der Waals surface area contributed by atoms with E-state index in [1.807, 2.05) is 0 Å². The summed E-state index contributed by atoms with van der Waals surface area (Å²) < 4.78 is 5.76. The predicted molar refractivity (Wildman–Crippen MR) is 76.4 cm³/mol. The molecule has 0 N–H and O–H groups in total. The first-order valence-corrected chi connectivity index (χ1v) is 7.09. The first kappa shape index (κ1) is 13.5. The molecule has 2 heterocycles. The van der Waals surface area contributed by atoms with Crippen molar-refractivity contribution in [2.45, 2.75) is 31.7 Å². The zero-order valence-corrected chi connectivity index (χ0v) is 12.5. The summed E-state index contributed by atoms with van der Waals surface area (Å²) in [5.41, 5.74) is 0. The Kier molecular flexibility index (Phi) is 4.73. The van der Waals surface area contributed by atoms with E-state index >= 15 is 0 Å². The Morgan fingerprint density at radius 3 is 2.89 bits per heavy atom. The third-order valence-electron chi connectivity index (χ3n) is 3.12. The average molecular weight is 361 g/mol. The lowest BCUT2D eigenvalue weighted by Gasteiger charge is -2.35. The fourth-order valence-electron chi connectivity index (χ4n) is 2.21. The summed E-state index contributed by atoms with van der Waals surface area (Å²) in [5, 5.41) is 0. The molecule has 0 amide bonds. The number of ether oxygens (including phenoxy) is 1. The highest BCUT2D eigenvalue weighted by Crippen LogP contribution is 2.24. The fourth-order valence-corrected chi connectivity index (χ4v) is 2.48. The van der Waals surface area contributed by atoms with Crippen LogP contribution in [0.5, 0.6) is 0 Å². The number of piperidine rings is 1. The van der Waals surface area contributed by atoms with E-state index in [-0.39, 0.29) is 12.0 Å². The Bertz CT molecular complexity index is 410. The van der Waals surface area contributed by atoms with Crippen LogP contribution in [-0.4, -0.2) is 35.6 Å². The lowest BCUT2D eigenvalue weighted by Crippen LogP contribution is -2.42. The Hall–Kier alpha value is -0.920. The van der Waals surface area contributed by atoms with Gasteiger partial charge in [-0.25, -0.2) is 9.97 Å². The lowest BCUT2D eigenvalue weighted by atomic mass is 10.00. The van der Waals surface area contributed by atoms with Crippen LogP contribution >= 0.6 is 22.6 Å². The van der Waals surface area contributed by atoms with Crippen LogP contribution < -0.4 is 4.90 Å².